The molecule has 0 bridgehead atoms. The Balaban J connectivity index is 1.53. The fourth-order valence-electron chi connectivity index (χ4n) is 3.25. The van der Waals surface area contributed by atoms with Crippen molar-refractivity contribution in [1.82, 2.24) is 15.0 Å². The predicted octanol–water partition coefficient (Wildman–Crippen LogP) is 3.09. The van der Waals surface area contributed by atoms with Gasteiger partial charge >= 0.3 is 5.97 Å². The summed E-state index contributed by atoms with van der Waals surface area (Å²) in [6, 6.07) is 5.47. The molecule has 4 N–H and O–H groups in total. The first-order chi connectivity index (χ1) is 16.0. The molecule has 0 atom stereocenters. The molecule has 1 saturated carbocycles. The standard InChI is InChI=1S/C24H24N6O3/c1-25-23-20-14-28-21(30-24(33)15-4-5-15)11-19(20)16(12-29-23)6-7-17-8-9-18(13-27-17)26-10-2-3-22(31)32/h8-9,11-15,26H,2-5,10H2,1H3,(H,25,29)(H,31,32)(H,28,30,33). The normalized spacial score (nSPS) is 12.5. The largest absolute Gasteiger partial charge is 0.481 e. The van der Waals surface area contributed by atoms with Crippen LogP contribution >= 0.6 is 0 Å². The van der Waals surface area contributed by atoms with Gasteiger partial charge in [0.05, 0.1) is 17.4 Å². The third-order valence-corrected chi connectivity index (χ3v) is 5.19. The topological polar surface area (TPSA) is 129 Å². The molecule has 0 spiro atoms. The first-order valence-corrected chi connectivity index (χ1v) is 10.7. The number of carboxylic acids is 1. The maximum absolute atomic E-state index is 12.1. The molecule has 9 heteroatoms. The molecule has 33 heavy (non-hydrogen) atoms. The van der Waals surface area contributed by atoms with Crippen molar-refractivity contribution in [3.05, 3.63) is 48.0 Å². The summed E-state index contributed by atoms with van der Waals surface area (Å²) in [5.41, 5.74) is 2.10. The Labute approximate surface area is 191 Å². The fourth-order valence-corrected chi connectivity index (χ4v) is 3.25. The van der Waals surface area contributed by atoms with Crippen molar-refractivity contribution in [3.8, 4) is 11.8 Å². The second-order valence-electron chi connectivity index (χ2n) is 7.76. The minimum atomic E-state index is -0.807. The van der Waals surface area contributed by atoms with Crippen molar-refractivity contribution in [3.63, 3.8) is 0 Å². The van der Waals surface area contributed by atoms with Crippen LogP contribution in [-0.2, 0) is 9.59 Å². The van der Waals surface area contributed by atoms with Crippen LogP contribution in [0.15, 0.2) is 36.8 Å². The summed E-state index contributed by atoms with van der Waals surface area (Å²) in [5, 5.41) is 19.4. The van der Waals surface area contributed by atoms with Crippen LogP contribution < -0.4 is 16.0 Å². The number of anilines is 3. The second kappa shape index (κ2) is 9.96. The molecule has 3 aromatic heterocycles. The summed E-state index contributed by atoms with van der Waals surface area (Å²) in [6.07, 6.45) is 7.55. The lowest BCUT2D eigenvalue weighted by molar-refractivity contribution is -0.137. The highest BCUT2D eigenvalue weighted by Crippen LogP contribution is 2.31. The van der Waals surface area contributed by atoms with Gasteiger partial charge in [-0.2, -0.15) is 0 Å². The molecular weight excluding hydrogens is 420 g/mol. The Kier molecular flexibility index (Phi) is 6.64. The molecule has 3 heterocycles. The zero-order chi connectivity index (χ0) is 23.2. The van der Waals surface area contributed by atoms with Crippen molar-refractivity contribution in [1.29, 1.82) is 0 Å². The number of amides is 1. The highest BCUT2D eigenvalue weighted by Gasteiger charge is 2.29. The quantitative estimate of drug-likeness (QED) is 0.308. The van der Waals surface area contributed by atoms with Crippen molar-refractivity contribution >= 4 is 40.0 Å². The van der Waals surface area contributed by atoms with E-state index >= 15 is 0 Å². The number of carbonyl (C=O) groups is 2. The van der Waals surface area contributed by atoms with E-state index in [2.05, 4.69) is 42.7 Å². The molecule has 1 aliphatic carbocycles. The van der Waals surface area contributed by atoms with E-state index in [1.165, 1.54) is 0 Å². The van der Waals surface area contributed by atoms with Gasteiger partial charge in [-0.15, -0.1) is 0 Å². The van der Waals surface area contributed by atoms with Crippen molar-refractivity contribution in [2.75, 3.05) is 29.5 Å². The lowest BCUT2D eigenvalue weighted by Crippen LogP contribution is -2.14. The number of nitrogens with zero attached hydrogens (tertiary/aromatic N) is 3. The van der Waals surface area contributed by atoms with Crippen LogP contribution in [0.4, 0.5) is 17.3 Å². The molecule has 1 aliphatic rings. The molecule has 9 nitrogen and oxygen atoms in total. The highest BCUT2D eigenvalue weighted by atomic mass is 16.4. The van der Waals surface area contributed by atoms with E-state index in [0.29, 0.717) is 35.9 Å². The fraction of sp³-hybridized carbons (Fsp3) is 0.292. The molecule has 4 rings (SSSR count). The summed E-state index contributed by atoms with van der Waals surface area (Å²) in [4.78, 5) is 35.8. The molecule has 1 fully saturated rings. The second-order valence-corrected chi connectivity index (χ2v) is 7.76. The molecule has 3 aromatic rings. The minimum absolute atomic E-state index is 0.00163. The Hall–Kier alpha value is -4.19. The summed E-state index contributed by atoms with van der Waals surface area (Å²) in [5.74, 6) is 6.63. The van der Waals surface area contributed by atoms with E-state index in [4.69, 9.17) is 5.11 Å². The summed E-state index contributed by atoms with van der Waals surface area (Å²) in [6.45, 7) is 0.558. The summed E-state index contributed by atoms with van der Waals surface area (Å²) in [7, 11) is 1.79. The van der Waals surface area contributed by atoms with E-state index in [9.17, 15) is 9.59 Å². The van der Waals surface area contributed by atoms with E-state index in [1.54, 1.807) is 31.7 Å². The van der Waals surface area contributed by atoms with Crippen LogP contribution in [0.3, 0.4) is 0 Å². The molecule has 0 unspecified atom stereocenters. The maximum Gasteiger partial charge on any atom is 0.303 e. The van der Waals surface area contributed by atoms with Crippen LogP contribution in [0.1, 0.15) is 36.9 Å². The Morgan fingerprint density at radius 3 is 2.64 bits per heavy atom. The first kappa shape index (κ1) is 22.0. The number of fused-ring (bicyclic) bond motifs is 1. The number of pyridine rings is 3. The molecule has 0 saturated heterocycles. The third-order valence-electron chi connectivity index (χ3n) is 5.19. The van der Waals surface area contributed by atoms with Gasteiger partial charge < -0.3 is 21.1 Å². The Morgan fingerprint density at radius 1 is 1.09 bits per heavy atom. The minimum Gasteiger partial charge on any atom is -0.481 e. The average Bonchev–Trinajstić information content (AvgIpc) is 3.66. The molecule has 0 aromatic carbocycles. The van der Waals surface area contributed by atoms with E-state index < -0.39 is 5.97 Å². The summed E-state index contributed by atoms with van der Waals surface area (Å²) < 4.78 is 0. The molecule has 1 amide bonds. The number of rotatable bonds is 8. The average molecular weight is 444 g/mol. The van der Waals surface area contributed by atoms with Gasteiger partial charge in [-0.05, 0) is 43.4 Å². The Morgan fingerprint density at radius 2 is 1.94 bits per heavy atom. The van der Waals surface area contributed by atoms with Crippen LogP contribution in [-0.4, -0.2) is 45.5 Å². The molecular formula is C24H24N6O3. The Bertz CT molecular complexity index is 1240. The van der Waals surface area contributed by atoms with Gasteiger partial charge in [0.2, 0.25) is 5.91 Å². The van der Waals surface area contributed by atoms with Gasteiger partial charge in [0.15, 0.2) is 0 Å². The highest BCUT2D eigenvalue weighted by molar-refractivity contribution is 5.99. The van der Waals surface area contributed by atoms with Gasteiger partial charge in [-0.3, -0.25) is 9.59 Å². The lowest BCUT2D eigenvalue weighted by atomic mass is 10.1. The van der Waals surface area contributed by atoms with Crippen LogP contribution in [0.25, 0.3) is 10.8 Å². The smallest absolute Gasteiger partial charge is 0.303 e. The van der Waals surface area contributed by atoms with Crippen LogP contribution in [0, 0.1) is 17.8 Å². The number of carbonyl (C=O) groups excluding carboxylic acids is 1. The molecule has 0 aliphatic heterocycles. The predicted molar refractivity (Wildman–Crippen MR) is 126 cm³/mol. The van der Waals surface area contributed by atoms with Gasteiger partial charge in [-0.25, -0.2) is 15.0 Å². The molecule has 0 radical (unpaired) electrons. The van der Waals surface area contributed by atoms with Gasteiger partial charge in [0, 0.05) is 49.1 Å². The van der Waals surface area contributed by atoms with E-state index in [0.717, 1.165) is 29.3 Å². The van der Waals surface area contributed by atoms with Gasteiger partial charge in [0.25, 0.3) is 0 Å². The number of aliphatic carboxylic acids is 1. The van der Waals surface area contributed by atoms with E-state index in [-0.39, 0.29) is 18.2 Å². The lowest BCUT2D eigenvalue weighted by Gasteiger charge is -2.09. The van der Waals surface area contributed by atoms with Gasteiger partial charge in [-0.1, -0.05) is 5.92 Å². The zero-order valence-electron chi connectivity index (χ0n) is 18.2. The van der Waals surface area contributed by atoms with Gasteiger partial charge in [0.1, 0.15) is 17.3 Å². The number of hydrogen-bond acceptors (Lipinski definition) is 7. The molecule has 168 valence electrons. The number of nitrogens with one attached hydrogen (secondary N) is 3. The van der Waals surface area contributed by atoms with Crippen molar-refractivity contribution in [2.24, 2.45) is 5.92 Å². The van der Waals surface area contributed by atoms with Crippen LogP contribution in [0.2, 0.25) is 0 Å². The van der Waals surface area contributed by atoms with Crippen molar-refractivity contribution in [2.45, 2.75) is 25.7 Å². The van der Waals surface area contributed by atoms with Crippen LogP contribution in [0.5, 0.6) is 0 Å². The third kappa shape index (κ3) is 5.74. The SMILES string of the molecule is CNc1ncc(C#Cc2ccc(NCCCC(=O)O)cn2)c2cc(NC(=O)C3CC3)ncc12. The monoisotopic (exact) mass is 444 g/mol. The van der Waals surface area contributed by atoms with E-state index in [1.807, 2.05) is 12.1 Å². The summed E-state index contributed by atoms with van der Waals surface area (Å²) >= 11 is 0. The number of aromatic nitrogens is 3. The first-order valence-electron chi connectivity index (χ1n) is 10.7. The van der Waals surface area contributed by atoms with Crippen molar-refractivity contribution < 1.29 is 14.7 Å². The zero-order valence-corrected chi connectivity index (χ0v) is 18.2. The maximum atomic E-state index is 12.1. The number of carboxylic acid groups (broad SMARTS) is 1. The number of hydrogen-bond donors (Lipinski definition) is 4.